The fraction of sp³-hybridized carbons (Fsp3) is 0.0769. The van der Waals surface area contributed by atoms with E-state index < -0.39 is 11.9 Å². The second-order valence-electron chi connectivity index (χ2n) is 3.69. The van der Waals surface area contributed by atoms with Gasteiger partial charge >= 0.3 is 11.9 Å². The molecule has 0 saturated heterocycles. The molecule has 0 aliphatic rings. The van der Waals surface area contributed by atoms with Crippen LogP contribution >= 0.6 is 0 Å². The van der Waals surface area contributed by atoms with Crippen LogP contribution in [-0.4, -0.2) is 22.2 Å². The van der Waals surface area contributed by atoms with Crippen LogP contribution in [-0.2, 0) is 6.61 Å². The molecule has 0 spiro atoms. The number of benzene rings is 1. The molecule has 6 nitrogen and oxygen atoms in total. The van der Waals surface area contributed by atoms with Crippen LogP contribution in [0.15, 0.2) is 40.8 Å². The average molecular weight is 262 g/mol. The van der Waals surface area contributed by atoms with Crippen molar-refractivity contribution in [3.8, 4) is 5.75 Å². The lowest BCUT2D eigenvalue weighted by Gasteiger charge is -2.04. The molecule has 0 aliphatic heterocycles. The molecule has 1 aromatic heterocycles. The summed E-state index contributed by atoms with van der Waals surface area (Å²) in [5.74, 6) is -1.65. The van der Waals surface area contributed by atoms with Gasteiger partial charge in [-0.2, -0.15) is 0 Å². The summed E-state index contributed by atoms with van der Waals surface area (Å²) in [6.45, 7) is 0.0242. The van der Waals surface area contributed by atoms with Crippen molar-refractivity contribution in [2.45, 2.75) is 6.61 Å². The number of hydrogen-bond donors (Lipinski definition) is 2. The van der Waals surface area contributed by atoms with Crippen LogP contribution in [0.5, 0.6) is 5.75 Å². The molecule has 98 valence electrons. The van der Waals surface area contributed by atoms with Crippen LogP contribution in [0, 0.1) is 0 Å². The van der Waals surface area contributed by atoms with E-state index in [4.69, 9.17) is 19.4 Å². The average Bonchev–Trinajstić information content (AvgIpc) is 2.85. The lowest BCUT2D eigenvalue weighted by molar-refractivity contribution is 0.0655. The van der Waals surface area contributed by atoms with E-state index in [1.807, 2.05) is 0 Å². The predicted molar refractivity (Wildman–Crippen MR) is 63.4 cm³/mol. The molecule has 19 heavy (non-hydrogen) atoms. The number of rotatable bonds is 5. The summed E-state index contributed by atoms with van der Waals surface area (Å²) in [4.78, 5) is 21.4. The van der Waals surface area contributed by atoms with E-state index in [1.165, 1.54) is 24.3 Å². The molecular weight excluding hydrogens is 252 g/mol. The zero-order valence-corrected chi connectivity index (χ0v) is 9.70. The van der Waals surface area contributed by atoms with Gasteiger partial charge in [0.05, 0.1) is 5.56 Å². The van der Waals surface area contributed by atoms with E-state index >= 15 is 0 Å². The lowest BCUT2D eigenvalue weighted by atomic mass is 10.2. The zero-order chi connectivity index (χ0) is 13.8. The van der Waals surface area contributed by atoms with Crippen LogP contribution in [0.25, 0.3) is 0 Å². The monoisotopic (exact) mass is 262 g/mol. The van der Waals surface area contributed by atoms with Crippen molar-refractivity contribution in [3.05, 3.63) is 53.5 Å². The molecule has 0 fully saturated rings. The molecule has 0 bridgehead atoms. The fourth-order valence-corrected chi connectivity index (χ4v) is 1.44. The first-order chi connectivity index (χ1) is 9.06. The number of carboxylic acids is 2. The first-order valence-corrected chi connectivity index (χ1v) is 5.34. The molecule has 0 unspecified atom stereocenters. The van der Waals surface area contributed by atoms with E-state index in [-0.39, 0.29) is 17.9 Å². The number of carbonyl (C=O) groups is 2. The lowest BCUT2D eigenvalue weighted by Crippen LogP contribution is -1.98. The van der Waals surface area contributed by atoms with E-state index in [9.17, 15) is 9.59 Å². The van der Waals surface area contributed by atoms with Crippen LogP contribution in [0.4, 0.5) is 0 Å². The van der Waals surface area contributed by atoms with Crippen molar-refractivity contribution >= 4 is 11.9 Å². The van der Waals surface area contributed by atoms with Crippen molar-refractivity contribution in [1.82, 2.24) is 0 Å². The van der Waals surface area contributed by atoms with Gasteiger partial charge in [0, 0.05) is 0 Å². The molecule has 0 aliphatic carbocycles. The first-order valence-electron chi connectivity index (χ1n) is 5.34. The third kappa shape index (κ3) is 3.12. The first kappa shape index (κ1) is 12.7. The highest BCUT2D eigenvalue weighted by molar-refractivity contribution is 5.88. The van der Waals surface area contributed by atoms with Gasteiger partial charge in [-0.05, 0) is 30.3 Å². The summed E-state index contributed by atoms with van der Waals surface area (Å²) >= 11 is 0. The molecular formula is C13H10O6. The molecule has 1 heterocycles. The standard InChI is InChI=1S/C13H10O6/c14-12(15)8-2-1-3-9(6-8)18-7-10-4-5-11(19-10)13(16)17/h1-6H,7H2,(H,14,15)(H,16,17). The molecule has 0 radical (unpaired) electrons. The van der Waals surface area contributed by atoms with Gasteiger partial charge in [0.2, 0.25) is 5.76 Å². The number of ether oxygens (including phenoxy) is 1. The third-order valence-corrected chi connectivity index (χ3v) is 2.33. The van der Waals surface area contributed by atoms with Crippen LogP contribution in [0.1, 0.15) is 26.7 Å². The fourth-order valence-electron chi connectivity index (χ4n) is 1.44. The van der Waals surface area contributed by atoms with E-state index in [2.05, 4.69) is 0 Å². The largest absolute Gasteiger partial charge is 0.486 e. The Balaban J connectivity index is 2.03. The Morgan fingerprint density at radius 1 is 1.11 bits per heavy atom. The normalized spacial score (nSPS) is 10.1. The highest BCUT2D eigenvalue weighted by Crippen LogP contribution is 2.16. The van der Waals surface area contributed by atoms with Crippen molar-refractivity contribution in [1.29, 1.82) is 0 Å². The molecule has 2 N–H and O–H groups in total. The summed E-state index contributed by atoms with van der Waals surface area (Å²) in [6, 6.07) is 8.81. The van der Waals surface area contributed by atoms with Crippen molar-refractivity contribution < 1.29 is 29.0 Å². The topological polar surface area (TPSA) is 97.0 Å². The molecule has 0 atom stereocenters. The predicted octanol–water partition coefficient (Wildman–Crippen LogP) is 2.25. The SMILES string of the molecule is O=C(O)c1cccc(OCc2ccc(C(=O)O)o2)c1. The maximum absolute atomic E-state index is 10.8. The van der Waals surface area contributed by atoms with Gasteiger partial charge in [-0.25, -0.2) is 9.59 Å². The summed E-state index contributed by atoms with van der Waals surface area (Å²) in [5.41, 5.74) is 0.114. The van der Waals surface area contributed by atoms with Crippen molar-refractivity contribution in [3.63, 3.8) is 0 Å². The van der Waals surface area contributed by atoms with Gasteiger partial charge in [-0.1, -0.05) is 6.07 Å². The Bertz CT molecular complexity index is 613. The molecule has 2 rings (SSSR count). The minimum Gasteiger partial charge on any atom is -0.486 e. The Morgan fingerprint density at radius 3 is 2.53 bits per heavy atom. The highest BCUT2D eigenvalue weighted by atomic mass is 16.5. The van der Waals surface area contributed by atoms with E-state index in [0.29, 0.717) is 11.5 Å². The van der Waals surface area contributed by atoms with Crippen LogP contribution in [0.3, 0.4) is 0 Å². The van der Waals surface area contributed by atoms with Crippen LogP contribution in [0.2, 0.25) is 0 Å². The number of carboxylic acid groups (broad SMARTS) is 2. The molecule has 2 aromatic rings. The van der Waals surface area contributed by atoms with Crippen molar-refractivity contribution in [2.24, 2.45) is 0 Å². The van der Waals surface area contributed by atoms with Gasteiger partial charge in [-0.3, -0.25) is 0 Å². The third-order valence-electron chi connectivity index (χ3n) is 2.33. The van der Waals surface area contributed by atoms with Gasteiger partial charge in [0.1, 0.15) is 18.1 Å². The summed E-state index contributed by atoms with van der Waals surface area (Å²) in [6.07, 6.45) is 0. The molecule has 1 aromatic carbocycles. The summed E-state index contributed by atoms with van der Waals surface area (Å²) < 4.78 is 10.3. The maximum Gasteiger partial charge on any atom is 0.371 e. The quantitative estimate of drug-likeness (QED) is 0.857. The van der Waals surface area contributed by atoms with Gasteiger partial charge in [0.25, 0.3) is 0 Å². The van der Waals surface area contributed by atoms with Crippen molar-refractivity contribution in [2.75, 3.05) is 0 Å². The van der Waals surface area contributed by atoms with Gasteiger partial charge in [-0.15, -0.1) is 0 Å². The molecule has 0 amide bonds. The van der Waals surface area contributed by atoms with Gasteiger partial charge < -0.3 is 19.4 Å². The Kier molecular flexibility index (Phi) is 3.51. The Hall–Kier alpha value is -2.76. The maximum atomic E-state index is 10.8. The summed E-state index contributed by atoms with van der Waals surface area (Å²) in [5, 5.41) is 17.5. The van der Waals surface area contributed by atoms with Crippen LogP contribution < -0.4 is 4.74 Å². The Labute approximate surface area is 107 Å². The second-order valence-corrected chi connectivity index (χ2v) is 3.69. The molecule has 6 heteroatoms. The Morgan fingerprint density at radius 2 is 1.89 bits per heavy atom. The summed E-state index contributed by atoms with van der Waals surface area (Å²) in [7, 11) is 0. The van der Waals surface area contributed by atoms with E-state index in [0.717, 1.165) is 0 Å². The zero-order valence-electron chi connectivity index (χ0n) is 9.70. The minimum absolute atomic E-state index is 0.0242. The number of hydrogen-bond acceptors (Lipinski definition) is 4. The van der Waals surface area contributed by atoms with E-state index in [1.54, 1.807) is 12.1 Å². The second kappa shape index (κ2) is 5.26. The molecule has 0 saturated carbocycles. The van der Waals surface area contributed by atoms with Gasteiger partial charge in [0.15, 0.2) is 0 Å². The number of aromatic carboxylic acids is 2. The smallest absolute Gasteiger partial charge is 0.371 e. The minimum atomic E-state index is -1.15. The highest BCUT2D eigenvalue weighted by Gasteiger charge is 2.09. The number of furan rings is 1.